The lowest BCUT2D eigenvalue weighted by Gasteiger charge is -2.19. The highest BCUT2D eigenvalue weighted by molar-refractivity contribution is 5.99. The van der Waals surface area contributed by atoms with Gasteiger partial charge in [-0.2, -0.15) is 0 Å². The molecule has 6 nitrogen and oxygen atoms in total. The number of rotatable bonds is 5. The molecule has 0 aliphatic carbocycles. The van der Waals surface area contributed by atoms with Crippen LogP contribution in [0.15, 0.2) is 24.3 Å². The number of carbonyl (C=O) groups is 3. The minimum absolute atomic E-state index is 0.00697. The van der Waals surface area contributed by atoms with Crippen molar-refractivity contribution in [2.24, 2.45) is 5.41 Å². The van der Waals surface area contributed by atoms with Crippen LogP contribution >= 0.6 is 0 Å². The number of benzene rings is 1. The van der Waals surface area contributed by atoms with Crippen molar-refractivity contribution in [2.75, 3.05) is 20.6 Å². The smallest absolute Gasteiger partial charge is 0.310 e. The van der Waals surface area contributed by atoms with E-state index in [-0.39, 0.29) is 12.5 Å². The Hall–Kier alpha value is -2.37. The lowest BCUT2D eigenvalue weighted by molar-refractivity contribution is -0.146. The number of nitrogens with one attached hydrogen (secondary N) is 1. The normalized spacial score (nSPS) is 10.9. The minimum Gasteiger partial charge on any atom is -0.481 e. The van der Waals surface area contributed by atoms with Gasteiger partial charge >= 0.3 is 5.97 Å². The molecule has 0 fully saturated rings. The van der Waals surface area contributed by atoms with E-state index in [1.165, 1.54) is 24.8 Å². The Bertz CT molecular complexity index is 565. The van der Waals surface area contributed by atoms with Crippen molar-refractivity contribution < 1.29 is 19.5 Å². The first-order chi connectivity index (χ1) is 9.65. The summed E-state index contributed by atoms with van der Waals surface area (Å²) in [5, 5.41) is 11.6. The Morgan fingerprint density at radius 2 is 1.76 bits per heavy atom. The average Bonchev–Trinajstić information content (AvgIpc) is 2.43. The molecule has 0 unspecified atom stereocenters. The molecule has 0 heterocycles. The van der Waals surface area contributed by atoms with Crippen LogP contribution in [-0.2, 0) is 4.79 Å². The van der Waals surface area contributed by atoms with E-state index in [9.17, 15) is 14.4 Å². The quantitative estimate of drug-likeness (QED) is 0.854. The summed E-state index contributed by atoms with van der Waals surface area (Å²) in [6.45, 7) is 3.07. The van der Waals surface area contributed by atoms with E-state index < -0.39 is 17.3 Å². The Morgan fingerprint density at radius 3 is 2.29 bits per heavy atom. The lowest BCUT2D eigenvalue weighted by Crippen LogP contribution is -2.39. The van der Waals surface area contributed by atoms with Crippen molar-refractivity contribution in [2.45, 2.75) is 13.8 Å². The van der Waals surface area contributed by atoms with Gasteiger partial charge in [0.1, 0.15) is 0 Å². The highest BCUT2D eigenvalue weighted by Crippen LogP contribution is 2.14. The molecule has 2 N–H and O–H groups in total. The third-order valence-electron chi connectivity index (χ3n) is 3.05. The number of carboxylic acids is 1. The van der Waals surface area contributed by atoms with Crippen molar-refractivity contribution in [1.82, 2.24) is 10.2 Å². The standard InChI is InChI=1S/C15H20N2O4/c1-15(2,14(20)21)9-16-12(18)10-6-5-7-11(8-10)13(19)17(3)4/h5-8H,9H2,1-4H3,(H,16,18)(H,20,21). The molecule has 0 aromatic heterocycles. The van der Waals surface area contributed by atoms with Crippen LogP contribution in [0.5, 0.6) is 0 Å². The van der Waals surface area contributed by atoms with Crippen LogP contribution in [-0.4, -0.2) is 48.4 Å². The van der Waals surface area contributed by atoms with E-state index in [1.807, 2.05) is 0 Å². The molecule has 114 valence electrons. The van der Waals surface area contributed by atoms with Crippen LogP contribution in [0.3, 0.4) is 0 Å². The maximum absolute atomic E-state index is 12.0. The van der Waals surface area contributed by atoms with E-state index in [0.29, 0.717) is 11.1 Å². The van der Waals surface area contributed by atoms with Gasteiger partial charge in [-0.3, -0.25) is 14.4 Å². The summed E-state index contributed by atoms with van der Waals surface area (Å²) in [6, 6.07) is 6.31. The monoisotopic (exact) mass is 292 g/mol. The van der Waals surface area contributed by atoms with Crippen molar-refractivity contribution in [3.63, 3.8) is 0 Å². The molecule has 0 radical (unpaired) electrons. The van der Waals surface area contributed by atoms with Crippen LogP contribution < -0.4 is 5.32 Å². The van der Waals surface area contributed by atoms with E-state index >= 15 is 0 Å². The molecule has 0 atom stereocenters. The number of hydrogen-bond donors (Lipinski definition) is 2. The molecular weight excluding hydrogens is 272 g/mol. The number of amides is 2. The fourth-order valence-electron chi connectivity index (χ4n) is 1.53. The van der Waals surface area contributed by atoms with Crippen LogP contribution in [0.4, 0.5) is 0 Å². The van der Waals surface area contributed by atoms with Gasteiger partial charge in [0.15, 0.2) is 0 Å². The molecular formula is C15H20N2O4. The van der Waals surface area contributed by atoms with Crippen molar-refractivity contribution in [3.05, 3.63) is 35.4 Å². The van der Waals surface area contributed by atoms with Gasteiger partial charge in [-0.15, -0.1) is 0 Å². The average molecular weight is 292 g/mol. The second kappa shape index (κ2) is 6.39. The first-order valence-corrected chi connectivity index (χ1v) is 6.48. The second-order valence-electron chi connectivity index (χ2n) is 5.65. The van der Waals surface area contributed by atoms with Crippen molar-refractivity contribution >= 4 is 17.8 Å². The van der Waals surface area contributed by atoms with Crippen LogP contribution in [0, 0.1) is 5.41 Å². The van der Waals surface area contributed by atoms with E-state index in [4.69, 9.17) is 5.11 Å². The zero-order valence-corrected chi connectivity index (χ0v) is 12.6. The van der Waals surface area contributed by atoms with E-state index in [0.717, 1.165) is 0 Å². The summed E-state index contributed by atoms with van der Waals surface area (Å²) in [5.74, 6) is -1.59. The van der Waals surface area contributed by atoms with Crippen LogP contribution in [0.1, 0.15) is 34.6 Å². The third-order valence-corrected chi connectivity index (χ3v) is 3.05. The predicted molar refractivity (Wildman–Crippen MR) is 78.2 cm³/mol. The van der Waals surface area contributed by atoms with Crippen LogP contribution in [0.2, 0.25) is 0 Å². The molecule has 0 aliphatic rings. The van der Waals surface area contributed by atoms with Gasteiger partial charge in [0.05, 0.1) is 5.41 Å². The van der Waals surface area contributed by atoms with Crippen molar-refractivity contribution in [1.29, 1.82) is 0 Å². The molecule has 2 amide bonds. The first kappa shape index (κ1) is 16.7. The van der Waals surface area contributed by atoms with Gasteiger partial charge < -0.3 is 15.3 Å². The van der Waals surface area contributed by atoms with Gasteiger partial charge in [0.25, 0.3) is 11.8 Å². The number of aliphatic carboxylic acids is 1. The van der Waals surface area contributed by atoms with Gasteiger partial charge in [-0.05, 0) is 32.0 Å². The topological polar surface area (TPSA) is 86.7 Å². The molecule has 21 heavy (non-hydrogen) atoms. The summed E-state index contributed by atoms with van der Waals surface area (Å²) >= 11 is 0. The molecule has 0 saturated heterocycles. The van der Waals surface area contributed by atoms with E-state index in [2.05, 4.69) is 5.32 Å². The summed E-state index contributed by atoms with van der Waals surface area (Å²) in [6.07, 6.45) is 0. The van der Waals surface area contributed by atoms with Gasteiger partial charge in [-0.1, -0.05) is 6.07 Å². The Morgan fingerprint density at radius 1 is 1.19 bits per heavy atom. The lowest BCUT2D eigenvalue weighted by atomic mass is 9.94. The molecule has 0 saturated carbocycles. The molecule has 0 bridgehead atoms. The fraction of sp³-hybridized carbons (Fsp3) is 0.400. The SMILES string of the molecule is CN(C)C(=O)c1cccc(C(=O)NCC(C)(C)C(=O)O)c1. The minimum atomic E-state index is -1.05. The fourth-order valence-corrected chi connectivity index (χ4v) is 1.53. The molecule has 6 heteroatoms. The molecule has 1 rings (SSSR count). The summed E-state index contributed by atoms with van der Waals surface area (Å²) < 4.78 is 0. The van der Waals surface area contributed by atoms with Gasteiger partial charge in [-0.25, -0.2) is 0 Å². The largest absolute Gasteiger partial charge is 0.481 e. The Labute approximate surface area is 123 Å². The summed E-state index contributed by atoms with van der Waals surface area (Å²) in [7, 11) is 3.26. The molecule has 0 spiro atoms. The Balaban J connectivity index is 2.82. The van der Waals surface area contributed by atoms with Crippen LogP contribution in [0.25, 0.3) is 0 Å². The number of hydrogen-bond acceptors (Lipinski definition) is 3. The van der Waals surface area contributed by atoms with Crippen molar-refractivity contribution in [3.8, 4) is 0 Å². The molecule has 1 aromatic carbocycles. The maximum atomic E-state index is 12.0. The zero-order chi connectivity index (χ0) is 16.2. The van der Waals surface area contributed by atoms with E-state index in [1.54, 1.807) is 32.3 Å². The van der Waals surface area contributed by atoms with Gasteiger partial charge in [0, 0.05) is 31.8 Å². The third kappa shape index (κ3) is 4.30. The molecule has 0 aliphatic heterocycles. The van der Waals surface area contributed by atoms with Gasteiger partial charge in [0.2, 0.25) is 0 Å². The highest BCUT2D eigenvalue weighted by Gasteiger charge is 2.27. The maximum Gasteiger partial charge on any atom is 0.310 e. The predicted octanol–water partition coefficient (Wildman–Crippen LogP) is 1.23. The number of carboxylic acid groups (broad SMARTS) is 1. The second-order valence-corrected chi connectivity index (χ2v) is 5.65. The molecule has 1 aromatic rings. The Kier molecular flexibility index (Phi) is 5.07. The number of carbonyl (C=O) groups excluding carboxylic acids is 2. The number of nitrogens with zero attached hydrogens (tertiary/aromatic N) is 1. The highest BCUT2D eigenvalue weighted by atomic mass is 16.4. The first-order valence-electron chi connectivity index (χ1n) is 6.48. The summed E-state index contributed by atoms with van der Waals surface area (Å²) in [4.78, 5) is 36.3. The zero-order valence-electron chi connectivity index (χ0n) is 12.6. The summed E-state index contributed by atoms with van der Waals surface area (Å²) in [5.41, 5.74) is -0.318.